The van der Waals surface area contributed by atoms with Crippen LogP contribution in [0.15, 0.2) is 42.7 Å². The van der Waals surface area contributed by atoms with Gasteiger partial charge in [-0.05, 0) is 18.2 Å². The van der Waals surface area contributed by atoms with Crippen molar-refractivity contribution in [3.63, 3.8) is 0 Å². The van der Waals surface area contributed by atoms with Gasteiger partial charge in [0.05, 0.1) is 22.9 Å². The van der Waals surface area contributed by atoms with E-state index in [1.165, 1.54) is 0 Å². The van der Waals surface area contributed by atoms with E-state index in [2.05, 4.69) is 15.0 Å². The molecule has 0 saturated heterocycles. The Morgan fingerprint density at radius 3 is 2.62 bits per heavy atom. The van der Waals surface area contributed by atoms with Crippen LogP contribution in [-0.2, 0) is 0 Å². The summed E-state index contributed by atoms with van der Waals surface area (Å²) >= 11 is 0. The number of anilines is 1. The fraction of sp³-hybridized carbons (Fsp3) is 0. The van der Waals surface area contributed by atoms with E-state index in [1.807, 2.05) is 30.3 Å². The van der Waals surface area contributed by atoms with Gasteiger partial charge in [-0.15, -0.1) is 0 Å². The molecule has 0 amide bonds. The summed E-state index contributed by atoms with van der Waals surface area (Å²) < 4.78 is 0. The third kappa shape index (κ3) is 1.32. The first-order chi connectivity index (χ1) is 7.84. The number of aromatic nitrogens is 3. The van der Waals surface area contributed by atoms with E-state index in [0.29, 0.717) is 5.82 Å². The van der Waals surface area contributed by atoms with Crippen molar-refractivity contribution in [3.05, 3.63) is 42.7 Å². The molecule has 3 aromatic rings. The Hall–Kier alpha value is -2.36. The van der Waals surface area contributed by atoms with Crippen LogP contribution in [0.4, 0.5) is 5.82 Å². The van der Waals surface area contributed by atoms with Gasteiger partial charge in [-0.25, -0.2) is 4.98 Å². The summed E-state index contributed by atoms with van der Waals surface area (Å²) in [5, 5.41) is 0. The van der Waals surface area contributed by atoms with E-state index >= 15 is 0 Å². The summed E-state index contributed by atoms with van der Waals surface area (Å²) in [5.74, 6) is 0.615. The maximum Gasteiger partial charge on any atom is 0.110 e. The molecule has 1 aromatic carbocycles. The van der Waals surface area contributed by atoms with Gasteiger partial charge in [0.1, 0.15) is 5.82 Å². The average Bonchev–Trinajstić information content (AvgIpc) is 2.75. The Labute approximate surface area is 92.2 Å². The Morgan fingerprint density at radius 1 is 1.06 bits per heavy atom. The van der Waals surface area contributed by atoms with Crippen molar-refractivity contribution in [1.29, 1.82) is 0 Å². The first kappa shape index (κ1) is 8.91. The Balaban J connectivity index is 2.23. The van der Waals surface area contributed by atoms with Gasteiger partial charge in [0.2, 0.25) is 0 Å². The molecule has 16 heavy (non-hydrogen) atoms. The van der Waals surface area contributed by atoms with Gasteiger partial charge in [0.15, 0.2) is 0 Å². The predicted octanol–water partition coefficient (Wildman–Crippen LogP) is 2.21. The molecule has 78 valence electrons. The maximum atomic E-state index is 5.79. The van der Waals surface area contributed by atoms with Crippen LogP contribution in [0.25, 0.3) is 22.3 Å². The quantitative estimate of drug-likeness (QED) is 0.647. The van der Waals surface area contributed by atoms with E-state index in [0.717, 1.165) is 22.3 Å². The van der Waals surface area contributed by atoms with Crippen LogP contribution in [0.5, 0.6) is 0 Å². The highest BCUT2D eigenvalue weighted by Crippen LogP contribution is 2.23. The van der Waals surface area contributed by atoms with Gasteiger partial charge >= 0.3 is 0 Å². The van der Waals surface area contributed by atoms with Crippen LogP contribution in [0.1, 0.15) is 0 Å². The lowest BCUT2D eigenvalue weighted by atomic mass is 10.2. The van der Waals surface area contributed by atoms with Gasteiger partial charge in [-0.3, -0.25) is 4.98 Å². The summed E-state index contributed by atoms with van der Waals surface area (Å²) in [4.78, 5) is 11.8. The molecular formula is C12H10N4. The topological polar surface area (TPSA) is 67.6 Å². The first-order valence-corrected chi connectivity index (χ1v) is 4.99. The molecule has 0 aliphatic carbocycles. The number of fused-ring (bicyclic) bond motifs is 1. The lowest BCUT2D eigenvalue weighted by molar-refractivity contribution is 1.29. The molecule has 0 spiro atoms. The zero-order chi connectivity index (χ0) is 11.0. The summed E-state index contributed by atoms with van der Waals surface area (Å²) in [7, 11) is 0. The molecule has 0 saturated carbocycles. The second-order valence-electron chi connectivity index (χ2n) is 3.55. The van der Waals surface area contributed by atoms with Crippen LogP contribution in [0, 0.1) is 0 Å². The second-order valence-corrected chi connectivity index (χ2v) is 3.55. The largest absolute Gasteiger partial charge is 0.385 e. The van der Waals surface area contributed by atoms with Crippen molar-refractivity contribution in [2.45, 2.75) is 0 Å². The number of rotatable bonds is 1. The third-order valence-corrected chi connectivity index (χ3v) is 2.50. The summed E-state index contributed by atoms with van der Waals surface area (Å²) in [6.45, 7) is 0. The summed E-state index contributed by atoms with van der Waals surface area (Å²) in [5.41, 5.74) is 9.23. The molecule has 4 heteroatoms. The highest BCUT2D eigenvalue weighted by molar-refractivity contribution is 5.79. The third-order valence-electron chi connectivity index (χ3n) is 2.50. The monoisotopic (exact) mass is 210 g/mol. The van der Waals surface area contributed by atoms with Crippen molar-refractivity contribution < 1.29 is 0 Å². The fourth-order valence-corrected chi connectivity index (χ4v) is 1.69. The lowest BCUT2D eigenvalue weighted by Gasteiger charge is -2.01. The standard InChI is InChI=1S/C12H10N4/c13-12-8(5-6-14-12)11-7-15-9-3-1-2-4-10(9)16-11/h1-7,14H,13H2. The highest BCUT2D eigenvalue weighted by atomic mass is 14.9. The molecule has 2 heterocycles. The number of hydrogen-bond acceptors (Lipinski definition) is 3. The number of nitrogens with two attached hydrogens (primary N) is 1. The molecule has 0 radical (unpaired) electrons. The molecule has 0 aliphatic heterocycles. The molecular weight excluding hydrogens is 200 g/mol. The van der Waals surface area contributed by atoms with E-state index in [1.54, 1.807) is 12.4 Å². The Kier molecular flexibility index (Phi) is 1.86. The molecule has 2 aromatic heterocycles. The molecule has 0 unspecified atom stereocenters. The second kappa shape index (κ2) is 3.34. The smallest absolute Gasteiger partial charge is 0.110 e. The van der Waals surface area contributed by atoms with Crippen molar-refractivity contribution >= 4 is 16.9 Å². The minimum Gasteiger partial charge on any atom is -0.385 e. The van der Waals surface area contributed by atoms with Crippen molar-refractivity contribution in [2.75, 3.05) is 5.73 Å². The lowest BCUT2D eigenvalue weighted by Crippen LogP contribution is -1.91. The van der Waals surface area contributed by atoms with Crippen molar-refractivity contribution in [3.8, 4) is 11.3 Å². The highest BCUT2D eigenvalue weighted by Gasteiger charge is 2.06. The van der Waals surface area contributed by atoms with Crippen LogP contribution >= 0.6 is 0 Å². The van der Waals surface area contributed by atoms with Crippen LogP contribution in [0.3, 0.4) is 0 Å². The zero-order valence-electron chi connectivity index (χ0n) is 8.51. The van der Waals surface area contributed by atoms with Crippen molar-refractivity contribution in [2.24, 2.45) is 0 Å². The molecule has 4 nitrogen and oxygen atoms in total. The minimum absolute atomic E-state index is 0.615. The number of aromatic amines is 1. The van der Waals surface area contributed by atoms with E-state index in [9.17, 15) is 0 Å². The van der Waals surface area contributed by atoms with Gasteiger partial charge in [0, 0.05) is 11.8 Å². The molecule has 0 aliphatic rings. The van der Waals surface area contributed by atoms with E-state index < -0.39 is 0 Å². The minimum atomic E-state index is 0.615. The number of nitrogens with zero attached hydrogens (tertiary/aromatic N) is 2. The normalized spacial score (nSPS) is 10.8. The Morgan fingerprint density at radius 2 is 1.88 bits per heavy atom. The van der Waals surface area contributed by atoms with E-state index in [-0.39, 0.29) is 0 Å². The number of H-pyrrole nitrogens is 1. The van der Waals surface area contributed by atoms with E-state index in [4.69, 9.17) is 5.73 Å². The number of nitrogen functional groups attached to an aromatic ring is 1. The van der Waals surface area contributed by atoms with Crippen LogP contribution in [0.2, 0.25) is 0 Å². The van der Waals surface area contributed by atoms with Crippen molar-refractivity contribution in [1.82, 2.24) is 15.0 Å². The van der Waals surface area contributed by atoms with Crippen LogP contribution in [-0.4, -0.2) is 15.0 Å². The molecule has 0 fully saturated rings. The summed E-state index contributed by atoms with van der Waals surface area (Å²) in [6.07, 6.45) is 3.53. The number of nitrogens with one attached hydrogen (secondary N) is 1. The van der Waals surface area contributed by atoms with Gasteiger partial charge in [-0.2, -0.15) is 0 Å². The SMILES string of the molecule is Nc1[nH]ccc1-c1cnc2ccccc2n1. The van der Waals surface area contributed by atoms with Gasteiger partial charge < -0.3 is 10.7 Å². The average molecular weight is 210 g/mol. The molecule has 3 N–H and O–H groups in total. The zero-order valence-corrected chi connectivity index (χ0v) is 8.51. The number of para-hydroxylation sites is 2. The maximum absolute atomic E-state index is 5.79. The summed E-state index contributed by atoms with van der Waals surface area (Å²) in [6, 6.07) is 9.66. The number of benzene rings is 1. The molecule has 0 bridgehead atoms. The first-order valence-electron chi connectivity index (χ1n) is 4.99. The Bertz CT molecular complexity index is 642. The number of hydrogen-bond donors (Lipinski definition) is 2. The fourth-order valence-electron chi connectivity index (χ4n) is 1.69. The molecule has 3 rings (SSSR count). The van der Waals surface area contributed by atoms with Gasteiger partial charge in [-0.1, -0.05) is 12.1 Å². The van der Waals surface area contributed by atoms with Gasteiger partial charge in [0.25, 0.3) is 0 Å². The molecule has 0 atom stereocenters. The van der Waals surface area contributed by atoms with Crippen LogP contribution < -0.4 is 5.73 Å². The predicted molar refractivity (Wildman–Crippen MR) is 63.7 cm³/mol.